The number of amides is 1. The number of likely N-dealkylation sites (tertiary alicyclic amines) is 1. The first-order valence-corrected chi connectivity index (χ1v) is 6.95. The molecule has 18 heavy (non-hydrogen) atoms. The highest BCUT2D eigenvalue weighted by molar-refractivity contribution is 7.17. The average Bonchev–Trinajstić information content (AvgIpc) is 2.75. The van der Waals surface area contributed by atoms with Gasteiger partial charge in [-0.2, -0.15) is 0 Å². The van der Waals surface area contributed by atoms with Crippen molar-refractivity contribution >= 4 is 34.8 Å². The predicted molar refractivity (Wildman–Crippen MR) is 70.3 cm³/mol. The van der Waals surface area contributed by atoms with Gasteiger partial charge in [0.05, 0.1) is 9.21 Å². The summed E-state index contributed by atoms with van der Waals surface area (Å²) in [5.41, 5.74) is -1.11. The van der Waals surface area contributed by atoms with Crippen LogP contribution in [0.15, 0.2) is 12.1 Å². The molecule has 0 bridgehead atoms. The van der Waals surface area contributed by atoms with Crippen LogP contribution < -0.4 is 0 Å². The Labute approximate surface area is 114 Å². The number of carbonyl (C=O) groups is 2. The van der Waals surface area contributed by atoms with Crippen molar-refractivity contribution in [3.63, 3.8) is 0 Å². The van der Waals surface area contributed by atoms with Gasteiger partial charge >= 0.3 is 5.97 Å². The number of piperidine rings is 1. The molecule has 0 aliphatic carbocycles. The number of carboxylic acid groups (broad SMARTS) is 1. The topological polar surface area (TPSA) is 57.6 Å². The van der Waals surface area contributed by atoms with Gasteiger partial charge in [0, 0.05) is 6.54 Å². The van der Waals surface area contributed by atoms with Gasteiger partial charge in [0.2, 0.25) is 0 Å². The smallest absolute Gasteiger partial charge is 0.329 e. The number of carbonyl (C=O) groups excluding carboxylic acids is 1. The summed E-state index contributed by atoms with van der Waals surface area (Å²) in [7, 11) is 0. The van der Waals surface area contributed by atoms with E-state index in [0.29, 0.717) is 22.2 Å². The monoisotopic (exact) mass is 287 g/mol. The maximum atomic E-state index is 12.3. The van der Waals surface area contributed by atoms with E-state index in [1.807, 2.05) is 0 Å². The van der Waals surface area contributed by atoms with Crippen LogP contribution in [-0.4, -0.2) is 34.0 Å². The number of thiophene rings is 1. The molecule has 6 heteroatoms. The van der Waals surface area contributed by atoms with Gasteiger partial charge in [-0.25, -0.2) is 4.79 Å². The summed E-state index contributed by atoms with van der Waals surface area (Å²) in [6, 6.07) is 3.30. The summed E-state index contributed by atoms with van der Waals surface area (Å²) in [5, 5.41) is 9.35. The summed E-state index contributed by atoms with van der Waals surface area (Å²) >= 11 is 6.99. The molecule has 2 rings (SSSR count). The molecule has 1 unspecified atom stereocenters. The Morgan fingerprint density at radius 1 is 1.44 bits per heavy atom. The summed E-state index contributed by atoms with van der Waals surface area (Å²) in [5.74, 6) is -1.19. The number of nitrogens with zero attached hydrogens (tertiary/aromatic N) is 1. The van der Waals surface area contributed by atoms with Crippen LogP contribution in [0.5, 0.6) is 0 Å². The van der Waals surface area contributed by atoms with Crippen molar-refractivity contribution in [2.75, 3.05) is 6.54 Å². The molecule has 0 spiro atoms. The second-order valence-corrected chi connectivity index (χ2v) is 6.31. The Balaban J connectivity index is 2.30. The quantitative estimate of drug-likeness (QED) is 0.910. The van der Waals surface area contributed by atoms with Crippen LogP contribution in [0.4, 0.5) is 0 Å². The Bertz CT molecular complexity index is 487. The number of aliphatic carboxylic acids is 1. The van der Waals surface area contributed by atoms with Crippen LogP contribution in [0.2, 0.25) is 4.34 Å². The zero-order valence-corrected chi connectivity index (χ0v) is 11.6. The molecule has 1 aliphatic heterocycles. The van der Waals surface area contributed by atoms with Crippen molar-refractivity contribution < 1.29 is 14.7 Å². The lowest BCUT2D eigenvalue weighted by atomic mass is 9.88. The van der Waals surface area contributed by atoms with E-state index in [2.05, 4.69) is 0 Å². The fraction of sp³-hybridized carbons (Fsp3) is 0.500. The standard InChI is InChI=1S/C12H14ClNO3S/c1-12(11(16)17)6-2-3-7-14(12)10(15)8-4-5-9(13)18-8/h4-5H,2-3,6-7H2,1H3,(H,16,17). The Hall–Kier alpha value is -1.07. The first kappa shape index (κ1) is 13.4. The van der Waals surface area contributed by atoms with Crippen LogP contribution in [0.1, 0.15) is 35.9 Å². The first-order chi connectivity index (χ1) is 8.45. The van der Waals surface area contributed by atoms with E-state index in [-0.39, 0.29) is 5.91 Å². The molecular weight excluding hydrogens is 274 g/mol. The van der Waals surface area contributed by atoms with E-state index in [4.69, 9.17) is 11.6 Å². The number of rotatable bonds is 2. The lowest BCUT2D eigenvalue weighted by molar-refractivity contribution is -0.150. The largest absolute Gasteiger partial charge is 0.480 e. The highest BCUT2D eigenvalue weighted by atomic mass is 35.5. The molecule has 0 saturated carbocycles. The van der Waals surface area contributed by atoms with E-state index in [1.54, 1.807) is 19.1 Å². The van der Waals surface area contributed by atoms with Crippen molar-refractivity contribution in [3.8, 4) is 0 Å². The first-order valence-electron chi connectivity index (χ1n) is 5.76. The number of hydrogen-bond acceptors (Lipinski definition) is 3. The molecule has 0 aromatic carbocycles. The van der Waals surface area contributed by atoms with Gasteiger partial charge in [-0.3, -0.25) is 4.79 Å². The second-order valence-electron chi connectivity index (χ2n) is 4.60. The lowest BCUT2D eigenvalue weighted by Gasteiger charge is -2.41. The second kappa shape index (κ2) is 4.90. The van der Waals surface area contributed by atoms with E-state index < -0.39 is 11.5 Å². The predicted octanol–water partition coefficient (Wildman–Crippen LogP) is 2.87. The zero-order chi connectivity index (χ0) is 13.3. The fourth-order valence-electron chi connectivity index (χ4n) is 2.23. The molecule has 1 aromatic heterocycles. The maximum Gasteiger partial charge on any atom is 0.329 e. The van der Waals surface area contributed by atoms with Crippen LogP contribution >= 0.6 is 22.9 Å². The van der Waals surface area contributed by atoms with Gasteiger partial charge in [-0.05, 0) is 38.3 Å². The van der Waals surface area contributed by atoms with Crippen LogP contribution in [-0.2, 0) is 4.79 Å². The zero-order valence-electron chi connectivity index (χ0n) is 9.98. The Morgan fingerprint density at radius 2 is 2.17 bits per heavy atom. The molecule has 1 saturated heterocycles. The lowest BCUT2D eigenvalue weighted by Crippen LogP contribution is -2.57. The van der Waals surface area contributed by atoms with Crippen molar-refractivity contribution in [2.45, 2.75) is 31.7 Å². The molecule has 4 nitrogen and oxygen atoms in total. The maximum absolute atomic E-state index is 12.3. The summed E-state index contributed by atoms with van der Waals surface area (Å²) < 4.78 is 0.535. The molecule has 98 valence electrons. The van der Waals surface area contributed by atoms with Crippen molar-refractivity contribution in [1.29, 1.82) is 0 Å². The summed E-state index contributed by atoms with van der Waals surface area (Å²) in [6.45, 7) is 2.10. The third-order valence-electron chi connectivity index (χ3n) is 3.38. The van der Waals surface area contributed by atoms with Gasteiger partial charge in [-0.1, -0.05) is 11.6 Å². The molecule has 1 aromatic rings. The third kappa shape index (κ3) is 2.24. The van der Waals surface area contributed by atoms with Crippen LogP contribution in [0.25, 0.3) is 0 Å². The fourth-order valence-corrected chi connectivity index (χ4v) is 3.22. The van der Waals surface area contributed by atoms with Gasteiger partial charge in [0.1, 0.15) is 5.54 Å². The van der Waals surface area contributed by atoms with E-state index in [0.717, 1.165) is 12.8 Å². The van der Waals surface area contributed by atoms with Gasteiger partial charge in [-0.15, -0.1) is 11.3 Å². The summed E-state index contributed by atoms with van der Waals surface area (Å²) in [6.07, 6.45) is 2.17. The molecule has 1 N–H and O–H groups in total. The minimum Gasteiger partial charge on any atom is -0.480 e. The van der Waals surface area contributed by atoms with E-state index in [1.165, 1.54) is 16.2 Å². The average molecular weight is 288 g/mol. The van der Waals surface area contributed by atoms with E-state index in [9.17, 15) is 14.7 Å². The molecule has 1 aliphatic rings. The molecule has 1 amide bonds. The van der Waals surface area contributed by atoms with Crippen molar-refractivity contribution in [1.82, 2.24) is 4.90 Å². The van der Waals surface area contributed by atoms with Gasteiger partial charge < -0.3 is 10.0 Å². The molecule has 0 radical (unpaired) electrons. The number of hydrogen-bond donors (Lipinski definition) is 1. The SMILES string of the molecule is CC1(C(=O)O)CCCCN1C(=O)c1ccc(Cl)s1. The van der Waals surface area contributed by atoms with Crippen molar-refractivity contribution in [2.24, 2.45) is 0 Å². The van der Waals surface area contributed by atoms with Gasteiger partial charge in [0.15, 0.2) is 0 Å². The molecule has 1 fully saturated rings. The van der Waals surface area contributed by atoms with Gasteiger partial charge in [0.25, 0.3) is 5.91 Å². The molecule has 1 atom stereocenters. The molecular formula is C12H14ClNO3S. The third-order valence-corrected chi connectivity index (χ3v) is 4.60. The van der Waals surface area contributed by atoms with Crippen LogP contribution in [0.3, 0.4) is 0 Å². The highest BCUT2D eigenvalue weighted by Crippen LogP contribution is 2.32. The summed E-state index contributed by atoms with van der Waals surface area (Å²) in [4.78, 5) is 25.7. The number of halogens is 1. The van der Waals surface area contributed by atoms with Crippen LogP contribution in [0, 0.1) is 0 Å². The minimum atomic E-state index is -1.11. The van der Waals surface area contributed by atoms with E-state index >= 15 is 0 Å². The highest BCUT2D eigenvalue weighted by Gasteiger charge is 2.44. The minimum absolute atomic E-state index is 0.239. The molecule has 2 heterocycles. The van der Waals surface area contributed by atoms with Crippen molar-refractivity contribution in [3.05, 3.63) is 21.3 Å². The Morgan fingerprint density at radius 3 is 2.72 bits per heavy atom. The number of carboxylic acids is 1. The Kier molecular flexibility index (Phi) is 3.64. The normalized spacial score (nSPS) is 24.0.